The summed E-state index contributed by atoms with van der Waals surface area (Å²) in [6.45, 7) is 3.44. The highest BCUT2D eigenvalue weighted by Crippen LogP contribution is 2.03. The molecule has 0 fully saturated rings. The molecule has 0 saturated heterocycles. The highest BCUT2D eigenvalue weighted by Gasteiger charge is 2.23. The van der Waals surface area contributed by atoms with Crippen molar-refractivity contribution in [2.45, 2.75) is 25.8 Å². The summed E-state index contributed by atoms with van der Waals surface area (Å²) in [5, 5.41) is 8.88. The topological polar surface area (TPSA) is 75.6 Å². The average molecular weight is 225 g/mol. The van der Waals surface area contributed by atoms with E-state index in [0.29, 0.717) is 13.0 Å². The van der Waals surface area contributed by atoms with Crippen molar-refractivity contribution >= 4 is 10.0 Å². The molecule has 86 valence electrons. The number of hydrogen-bond acceptors (Lipinski definition) is 4. The van der Waals surface area contributed by atoms with E-state index in [1.165, 1.54) is 7.11 Å². The summed E-state index contributed by atoms with van der Waals surface area (Å²) in [7, 11) is -1.79. The van der Waals surface area contributed by atoms with Gasteiger partial charge in [-0.25, -0.2) is 13.1 Å². The molecule has 5 nitrogen and oxygen atoms in total. The van der Waals surface area contributed by atoms with Gasteiger partial charge in [-0.05, 0) is 20.3 Å². The number of rotatable bonds is 7. The van der Waals surface area contributed by atoms with Gasteiger partial charge < -0.3 is 9.84 Å². The molecule has 0 atom stereocenters. The van der Waals surface area contributed by atoms with Crippen LogP contribution < -0.4 is 4.72 Å². The van der Waals surface area contributed by atoms with Crippen molar-refractivity contribution in [2.24, 2.45) is 0 Å². The fourth-order valence-corrected chi connectivity index (χ4v) is 2.40. The van der Waals surface area contributed by atoms with Crippen LogP contribution in [0.3, 0.4) is 0 Å². The number of aliphatic hydroxyl groups is 1. The molecule has 0 spiro atoms. The summed E-state index contributed by atoms with van der Waals surface area (Å²) in [5.41, 5.74) is -0.800. The second kappa shape index (κ2) is 5.65. The molecular formula is C8H19NO4S. The lowest BCUT2D eigenvalue weighted by molar-refractivity contribution is 0.198. The van der Waals surface area contributed by atoms with Gasteiger partial charge in [-0.15, -0.1) is 0 Å². The number of sulfonamides is 1. The molecule has 0 heterocycles. The molecule has 0 amide bonds. The molecular weight excluding hydrogens is 206 g/mol. The molecule has 0 saturated carbocycles. The Labute approximate surface area is 85.5 Å². The number of aliphatic hydroxyl groups excluding tert-OH is 1. The number of ether oxygens (including phenoxy) is 1. The van der Waals surface area contributed by atoms with Gasteiger partial charge in [-0.3, -0.25) is 0 Å². The Balaban J connectivity index is 4.08. The highest BCUT2D eigenvalue weighted by molar-refractivity contribution is 7.89. The Bertz CT molecular complexity index is 248. The third-order valence-electron chi connectivity index (χ3n) is 1.59. The monoisotopic (exact) mass is 225 g/mol. The quantitative estimate of drug-likeness (QED) is 0.584. The van der Waals surface area contributed by atoms with E-state index in [0.717, 1.165) is 0 Å². The third-order valence-corrected chi connectivity index (χ3v) is 3.28. The number of nitrogens with one attached hydrogen (secondary N) is 1. The van der Waals surface area contributed by atoms with E-state index in [2.05, 4.69) is 4.72 Å². The molecule has 0 aromatic rings. The molecule has 0 aromatic heterocycles. The van der Waals surface area contributed by atoms with Gasteiger partial charge in [0.25, 0.3) is 0 Å². The maximum Gasteiger partial charge on any atom is 0.212 e. The normalized spacial score (nSPS) is 13.1. The van der Waals surface area contributed by atoms with Gasteiger partial charge in [0.2, 0.25) is 10.0 Å². The molecule has 0 aliphatic rings. The van der Waals surface area contributed by atoms with E-state index >= 15 is 0 Å². The summed E-state index contributed by atoms with van der Waals surface area (Å²) >= 11 is 0. The molecule has 0 unspecified atom stereocenters. The van der Waals surface area contributed by atoms with E-state index < -0.39 is 15.6 Å². The summed E-state index contributed by atoms with van der Waals surface area (Å²) in [6, 6.07) is 0. The molecule has 2 N–H and O–H groups in total. The van der Waals surface area contributed by atoms with Gasteiger partial charge >= 0.3 is 0 Å². The molecule has 0 radical (unpaired) electrons. The second-order valence-corrected chi connectivity index (χ2v) is 5.65. The third kappa shape index (κ3) is 6.31. The smallest absolute Gasteiger partial charge is 0.212 e. The minimum atomic E-state index is -3.31. The SMILES string of the molecule is COCCCS(=O)(=O)NC(C)(C)CO. The lowest BCUT2D eigenvalue weighted by Gasteiger charge is -2.22. The predicted molar refractivity (Wildman–Crippen MR) is 54.6 cm³/mol. The average Bonchev–Trinajstić information content (AvgIpc) is 2.03. The minimum absolute atomic E-state index is 0.0181. The molecule has 14 heavy (non-hydrogen) atoms. The van der Waals surface area contributed by atoms with Gasteiger partial charge in [0, 0.05) is 13.7 Å². The first-order valence-electron chi connectivity index (χ1n) is 4.44. The Morgan fingerprint density at radius 2 is 2.00 bits per heavy atom. The second-order valence-electron chi connectivity index (χ2n) is 3.81. The van der Waals surface area contributed by atoms with Crippen molar-refractivity contribution in [3.8, 4) is 0 Å². The fraction of sp³-hybridized carbons (Fsp3) is 1.00. The molecule has 6 heteroatoms. The van der Waals surface area contributed by atoms with E-state index in [9.17, 15) is 8.42 Å². The van der Waals surface area contributed by atoms with Crippen molar-refractivity contribution in [3.63, 3.8) is 0 Å². The van der Waals surface area contributed by atoms with Gasteiger partial charge in [-0.2, -0.15) is 0 Å². The number of hydrogen-bond donors (Lipinski definition) is 2. The van der Waals surface area contributed by atoms with Gasteiger partial charge in [0.05, 0.1) is 17.9 Å². The molecule has 0 aromatic carbocycles. The summed E-state index contributed by atoms with van der Waals surface area (Å²) < 4.78 is 30.0. The predicted octanol–water partition coefficient (Wildman–Crippen LogP) is -0.287. The first kappa shape index (κ1) is 13.8. The van der Waals surface area contributed by atoms with Crippen LogP contribution >= 0.6 is 0 Å². The van der Waals surface area contributed by atoms with Crippen LogP contribution in [0, 0.1) is 0 Å². The van der Waals surface area contributed by atoms with Crippen molar-refractivity contribution in [1.29, 1.82) is 0 Å². The van der Waals surface area contributed by atoms with Crippen LogP contribution in [0.1, 0.15) is 20.3 Å². The van der Waals surface area contributed by atoms with E-state index in [-0.39, 0.29) is 12.4 Å². The lowest BCUT2D eigenvalue weighted by atomic mass is 10.1. The van der Waals surface area contributed by atoms with Crippen LogP contribution in [-0.2, 0) is 14.8 Å². The Morgan fingerprint density at radius 1 is 1.43 bits per heavy atom. The summed E-state index contributed by atoms with van der Waals surface area (Å²) in [4.78, 5) is 0. The first-order valence-corrected chi connectivity index (χ1v) is 6.10. The maximum absolute atomic E-state index is 11.4. The lowest BCUT2D eigenvalue weighted by Crippen LogP contribution is -2.47. The van der Waals surface area contributed by atoms with E-state index in [1.54, 1.807) is 13.8 Å². The first-order chi connectivity index (χ1) is 6.33. The molecule has 0 bridgehead atoms. The van der Waals surface area contributed by atoms with Crippen LogP contribution in [0.2, 0.25) is 0 Å². The van der Waals surface area contributed by atoms with Crippen LogP contribution in [0.15, 0.2) is 0 Å². The van der Waals surface area contributed by atoms with Crippen LogP contribution in [0.5, 0.6) is 0 Å². The summed E-state index contributed by atoms with van der Waals surface area (Å²) in [6.07, 6.45) is 0.452. The minimum Gasteiger partial charge on any atom is -0.394 e. The van der Waals surface area contributed by atoms with Gasteiger partial charge in [-0.1, -0.05) is 0 Å². The van der Waals surface area contributed by atoms with E-state index in [1.807, 2.05) is 0 Å². The van der Waals surface area contributed by atoms with Gasteiger partial charge in [0.15, 0.2) is 0 Å². The Kier molecular flexibility index (Phi) is 5.58. The number of methoxy groups -OCH3 is 1. The van der Waals surface area contributed by atoms with E-state index in [4.69, 9.17) is 9.84 Å². The zero-order valence-electron chi connectivity index (χ0n) is 8.91. The molecule has 0 aliphatic heterocycles. The zero-order chi connectivity index (χ0) is 11.2. The fourth-order valence-electron chi connectivity index (χ4n) is 0.898. The van der Waals surface area contributed by atoms with Crippen LogP contribution in [-0.4, -0.2) is 45.1 Å². The largest absolute Gasteiger partial charge is 0.394 e. The Morgan fingerprint density at radius 3 is 2.43 bits per heavy atom. The maximum atomic E-state index is 11.4. The standard InChI is InChI=1S/C8H19NO4S/c1-8(2,7-10)9-14(11,12)6-4-5-13-3/h9-10H,4-7H2,1-3H3. The molecule has 0 aliphatic carbocycles. The Hall–Kier alpha value is -0.170. The summed E-state index contributed by atoms with van der Waals surface area (Å²) in [5.74, 6) is 0.0181. The van der Waals surface area contributed by atoms with Crippen molar-refractivity contribution in [2.75, 3.05) is 26.1 Å². The zero-order valence-corrected chi connectivity index (χ0v) is 9.73. The van der Waals surface area contributed by atoms with Crippen molar-refractivity contribution in [1.82, 2.24) is 4.72 Å². The van der Waals surface area contributed by atoms with Crippen LogP contribution in [0.25, 0.3) is 0 Å². The van der Waals surface area contributed by atoms with Gasteiger partial charge in [0.1, 0.15) is 0 Å². The van der Waals surface area contributed by atoms with Crippen molar-refractivity contribution in [3.05, 3.63) is 0 Å². The molecule has 0 rings (SSSR count). The van der Waals surface area contributed by atoms with Crippen molar-refractivity contribution < 1.29 is 18.3 Å². The van der Waals surface area contributed by atoms with Crippen LogP contribution in [0.4, 0.5) is 0 Å². The highest BCUT2D eigenvalue weighted by atomic mass is 32.2.